The first kappa shape index (κ1) is 33.2. The van der Waals surface area contributed by atoms with Gasteiger partial charge in [0.1, 0.15) is 24.3 Å². The Kier molecular flexibility index (Phi) is 10.9. The van der Waals surface area contributed by atoms with Gasteiger partial charge in [-0.2, -0.15) is 0 Å². The second-order valence-corrected chi connectivity index (χ2v) is 12.2. The van der Waals surface area contributed by atoms with Crippen LogP contribution in [-0.2, 0) is 41.8 Å². The summed E-state index contributed by atoms with van der Waals surface area (Å²) in [5, 5.41) is 7.78. The Labute approximate surface area is 262 Å². The number of carbonyl (C=O) groups is 6. The van der Waals surface area contributed by atoms with Gasteiger partial charge in [-0.15, -0.1) is 0 Å². The van der Waals surface area contributed by atoms with E-state index >= 15 is 0 Å². The number of benzene rings is 2. The Morgan fingerprint density at radius 3 is 2.47 bits per heavy atom. The molecule has 1 unspecified atom stereocenters. The lowest BCUT2D eigenvalue weighted by atomic mass is 10.0. The number of fused-ring (bicyclic) bond motifs is 1. The zero-order chi connectivity index (χ0) is 32.6. The van der Waals surface area contributed by atoms with E-state index in [4.69, 9.17) is 9.47 Å². The van der Waals surface area contributed by atoms with Crippen LogP contribution < -0.4 is 16.0 Å². The maximum Gasteiger partial charge on any atom is 0.408 e. The van der Waals surface area contributed by atoms with Crippen molar-refractivity contribution in [3.05, 3.63) is 65.2 Å². The largest absolute Gasteiger partial charge is 0.461 e. The Bertz CT molecular complexity index is 1440. The first-order valence-electron chi connectivity index (χ1n) is 15.2. The molecule has 2 aromatic carbocycles. The number of ether oxygens (including phenoxy) is 2. The van der Waals surface area contributed by atoms with Crippen LogP contribution in [0.2, 0.25) is 0 Å². The zero-order valence-electron chi connectivity index (χ0n) is 25.9. The molecular weight excluding hydrogens is 580 g/mol. The Hall–Kier alpha value is -4.74. The number of unbranched alkanes of at least 4 members (excludes halogenated alkanes) is 2. The van der Waals surface area contributed by atoms with E-state index in [1.807, 2.05) is 30.3 Å². The summed E-state index contributed by atoms with van der Waals surface area (Å²) >= 11 is 0. The van der Waals surface area contributed by atoms with Crippen molar-refractivity contribution in [1.82, 2.24) is 15.5 Å². The third-order valence-corrected chi connectivity index (χ3v) is 7.46. The Balaban J connectivity index is 1.35. The van der Waals surface area contributed by atoms with Gasteiger partial charge in [0.2, 0.25) is 17.7 Å². The number of hydrogen-bond acceptors (Lipinski definition) is 8. The van der Waals surface area contributed by atoms with Crippen molar-refractivity contribution in [3.8, 4) is 0 Å². The predicted octanol–water partition coefficient (Wildman–Crippen LogP) is 3.97. The number of alkyl carbamates (subject to hydrolysis) is 1. The number of imide groups is 1. The summed E-state index contributed by atoms with van der Waals surface area (Å²) < 4.78 is 10.7. The number of rotatable bonds is 12. The average Bonchev–Trinajstić information content (AvgIpc) is 3.31. The van der Waals surface area contributed by atoms with Gasteiger partial charge in [-0.1, -0.05) is 49.2 Å². The maximum atomic E-state index is 13.5. The summed E-state index contributed by atoms with van der Waals surface area (Å²) in [6.45, 7) is 5.45. The highest BCUT2D eigenvalue weighted by atomic mass is 16.6. The lowest BCUT2D eigenvalue weighted by Gasteiger charge is -2.29. The highest BCUT2D eigenvalue weighted by Gasteiger charge is 2.40. The van der Waals surface area contributed by atoms with Crippen molar-refractivity contribution in [2.45, 2.75) is 96.6 Å². The van der Waals surface area contributed by atoms with Crippen molar-refractivity contribution in [2.24, 2.45) is 0 Å². The Morgan fingerprint density at radius 1 is 1.00 bits per heavy atom. The molecular formula is C33H40N4O8. The van der Waals surface area contributed by atoms with Crippen LogP contribution in [0.1, 0.15) is 87.2 Å². The molecule has 0 aromatic heterocycles. The van der Waals surface area contributed by atoms with Gasteiger partial charge in [0, 0.05) is 36.2 Å². The van der Waals surface area contributed by atoms with Crippen LogP contribution in [0.5, 0.6) is 0 Å². The molecule has 12 heteroatoms. The number of anilines is 1. The molecule has 1 fully saturated rings. The number of amides is 5. The van der Waals surface area contributed by atoms with Gasteiger partial charge in [-0.05, 0) is 57.7 Å². The molecule has 4 rings (SSSR count). The van der Waals surface area contributed by atoms with E-state index in [0.29, 0.717) is 36.1 Å². The van der Waals surface area contributed by atoms with E-state index in [-0.39, 0.29) is 56.6 Å². The predicted molar refractivity (Wildman–Crippen MR) is 164 cm³/mol. The molecule has 2 aliphatic heterocycles. The fourth-order valence-electron chi connectivity index (χ4n) is 5.25. The molecule has 2 heterocycles. The van der Waals surface area contributed by atoms with E-state index in [0.717, 1.165) is 5.56 Å². The van der Waals surface area contributed by atoms with Crippen molar-refractivity contribution in [3.63, 3.8) is 0 Å². The fraction of sp³-hybridized carbons (Fsp3) is 0.455. The van der Waals surface area contributed by atoms with Gasteiger partial charge in [0.15, 0.2) is 0 Å². The van der Waals surface area contributed by atoms with Crippen LogP contribution in [0.15, 0.2) is 48.5 Å². The molecule has 2 aromatic rings. The number of carbonyl (C=O) groups excluding carboxylic acids is 6. The second-order valence-electron chi connectivity index (χ2n) is 12.2. The van der Waals surface area contributed by atoms with Crippen LogP contribution in [0.3, 0.4) is 0 Å². The summed E-state index contributed by atoms with van der Waals surface area (Å²) in [6.07, 6.45) is 1.83. The van der Waals surface area contributed by atoms with E-state index in [1.165, 1.54) is 4.90 Å². The molecule has 240 valence electrons. The molecule has 0 aliphatic carbocycles. The molecule has 0 bridgehead atoms. The average molecular weight is 621 g/mol. The quantitative estimate of drug-likeness (QED) is 0.183. The monoisotopic (exact) mass is 620 g/mol. The van der Waals surface area contributed by atoms with E-state index < -0.39 is 35.6 Å². The lowest BCUT2D eigenvalue weighted by molar-refractivity contribution is -0.145. The minimum Gasteiger partial charge on any atom is -0.461 e. The van der Waals surface area contributed by atoms with Crippen molar-refractivity contribution in [2.75, 3.05) is 5.32 Å². The number of esters is 1. The van der Waals surface area contributed by atoms with Crippen LogP contribution >= 0.6 is 0 Å². The van der Waals surface area contributed by atoms with Gasteiger partial charge in [-0.3, -0.25) is 29.3 Å². The number of hydrogen-bond donors (Lipinski definition) is 3. The minimum atomic E-state index is -0.955. The third-order valence-electron chi connectivity index (χ3n) is 7.46. The van der Waals surface area contributed by atoms with Crippen LogP contribution in [-0.4, -0.2) is 58.3 Å². The minimum absolute atomic E-state index is 0.0848. The zero-order valence-corrected chi connectivity index (χ0v) is 25.9. The van der Waals surface area contributed by atoms with Gasteiger partial charge in [-0.25, -0.2) is 4.79 Å². The summed E-state index contributed by atoms with van der Waals surface area (Å²) in [5.74, 6) is -2.06. The van der Waals surface area contributed by atoms with Gasteiger partial charge in [0.25, 0.3) is 5.91 Å². The Morgan fingerprint density at radius 2 is 1.76 bits per heavy atom. The molecule has 0 spiro atoms. The van der Waals surface area contributed by atoms with Crippen molar-refractivity contribution in [1.29, 1.82) is 0 Å². The summed E-state index contributed by atoms with van der Waals surface area (Å²) in [7, 11) is 0. The maximum absolute atomic E-state index is 13.5. The van der Waals surface area contributed by atoms with E-state index in [1.54, 1.807) is 39.0 Å². The highest BCUT2D eigenvalue weighted by molar-refractivity contribution is 6.07. The molecule has 2 atom stereocenters. The van der Waals surface area contributed by atoms with Gasteiger partial charge >= 0.3 is 12.1 Å². The molecule has 5 amide bonds. The fourth-order valence-corrected chi connectivity index (χ4v) is 5.25. The van der Waals surface area contributed by atoms with Crippen LogP contribution in [0.25, 0.3) is 0 Å². The molecule has 45 heavy (non-hydrogen) atoms. The summed E-state index contributed by atoms with van der Waals surface area (Å²) in [4.78, 5) is 76.9. The topological polar surface area (TPSA) is 160 Å². The number of nitrogens with one attached hydrogen (secondary N) is 3. The van der Waals surface area contributed by atoms with E-state index in [9.17, 15) is 28.8 Å². The number of piperidine rings is 1. The molecule has 1 saturated heterocycles. The lowest BCUT2D eigenvalue weighted by Crippen LogP contribution is -2.52. The van der Waals surface area contributed by atoms with Crippen molar-refractivity contribution < 1.29 is 38.2 Å². The van der Waals surface area contributed by atoms with Gasteiger partial charge < -0.3 is 25.0 Å². The third kappa shape index (κ3) is 9.37. The molecule has 0 saturated carbocycles. The first-order valence-corrected chi connectivity index (χ1v) is 15.2. The molecule has 3 N–H and O–H groups in total. The standard InChI is InChI=1S/C33H40N4O8/c1-33(2,3)45-32(43)35-25(14-8-5-9-16-28(39)44-20-21-11-6-4-7-12-21)29(40)34-24-15-10-13-22-23(24)19-37(31(22)42)26-17-18-27(38)36-30(26)41/h4,6-7,10-13,15,25-26H,5,8-9,14,16-20H2,1-3H3,(H,34,40)(H,35,43)(H,36,38,41)/t25-,26?/m1/s1. The second kappa shape index (κ2) is 14.8. The van der Waals surface area contributed by atoms with Crippen molar-refractivity contribution >= 4 is 41.4 Å². The summed E-state index contributed by atoms with van der Waals surface area (Å²) in [6, 6.07) is 12.6. The smallest absolute Gasteiger partial charge is 0.408 e. The van der Waals surface area contributed by atoms with E-state index in [2.05, 4.69) is 16.0 Å². The number of nitrogens with zero attached hydrogens (tertiary/aromatic N) is 1. The molecule has 2 aliphatic rings. The summed E-state index contributed by atoms with van der Waals surface area (Å²) in [5.41, 5.74) is 1.42. The molecule has 12 nitrogen and oxygen atoms in total. The van der Waals surface area contributed by atoms with Gasteiger partial charge in [0.05, 0.1) is 0 Å². The van der Waals surface area contributed by atoms with Crippen LogP contribution in [0, 0.1) is 0 Å². The normalized spacial score (nSPS) is 16.8. The SMILES string of the molecule is CC(C)(C)OC(=O)N[C@H](CCCCCC(=O)OCc1ccccc1)C(=O)Nc1cccc2c1CN(C1CCC(=O)NC1=O)C2=O. The highest BCUT2D eigenvalue weighted by Crippen LogP contribution is 2.32. The van der Waals surface area contributed by atoms with Crippen LogP contribution in [0.4, 0.5) is 10.5 Å². The molecule has 0 radical (unpaired) electrons. The first-order chi connectivity index (χ1) is 21.4.